The highest BCUT2D eigenvalue weighted by Crippen LogP contribution is 1.81. The van der Waals surface area contributed by atoms with Gasteiger partial charge >= 0.3 is 0 Å². The van der Waals surface area contributed by atoms with Crippen molar-refractivity contribution >= 4 is 23.7 Å². The van der Waals surface area contributed by atoms with Gasteiger partial charge in [-0.05, 0) is 12.2 Å². The lowest BCUT2D eigenvalue weighted by Gasteiger charge is -2.10. The molecule has 0 aromatic rings. The van der Waals surface area contributed by atoms with Crippen LogP contribution in [0.1, 0.15) is 0 Å². The first-order valence-electron chi connectivity index (χ1n) is 3.21. The van der Waals surface area contributed by atoms with E-state index in [0.717, 1.165) is 0 Å². The maximum Gasteiger partial charge on any atom is 0.196 e. The number of hydrogen-bond donors (Lipinski definition) is 1. The lowest BCUT2D eigenvalue weighted by Crippen LogP contribution is -2.30. The van der Waals surface area contributed by atoms with E-state index in [2.05, 4.69) is 10.4 Å². The van der Waals surface area contributed by atoms with E-state index in [1.165, 1.54) is 0 Å². The second-order valence-corrected chi connectivity index (χ2v) is 2.82. The summed E-state index contributed by atoms with van der Waals surface area (Å²) in [6.07, 6.45) is 1.56. The zero-order chi connectivity index (χ0) is 8.85. The third-order valence-electron chi connectivity index (χ3n) is 0.873. The summed E-state index contributed by atoms with van der Waals surface area (Å²) < 4.78 is 0. The molecule has 0 fully saturated rings. The van der Waals surface area contributed by atoms with Gasteiger partial charge in [0.05, 0.1) is 0 Å². The number of nitrogens with one attached hydrogen (secondary N) is 1. The minimum atomic E-state index is 0.555. The summed E-state index contributed by atoms with van der Waals surface area (Å²) in [7, 11) is 7.47. The van der Waals surface area contributed by atoms with Crippen molar-refractivity contribution in [2.24, 2.45) is 4.99 Å². The van der Waals surface area contributed by atoms with E-state index < -0.39 is 0 Å². The highest BCUT2D eigenvalue weighted by atomic mass is 32.1. The second-order valence-electron chi connectivity index (χ2n) is 2.46. The molecular formula is C6H14N4S. The van der Waals surface area contributed by atoms with Gasteiger partial charge in [-0.3, -0.25) is 0 Å². The Morgan fingerprint density at radius 3 is 2.27 bits per heavy atom. The SMILES string of the molecule is CN(C)N/C=N\C(=S)N(C)C. The Morgan fingerprint density at radius 2 is 1.91 bits per heavy atom. The maximum absolute atomic E-state index is 4.90. The van der Waals surface area contributed by atoms with Crippen molar-refractivity contribution < 1.29 is 0 Å². The molecule has 11 heavy (non-hydrogen) atoms. The van der Waals surface area contributed by atoms with Crippen LogP contribution in [0, 0.1) is 0 Å². The first-order chi connectivity index (χ1) is 5.04. The molecule has 0 aromatic carbocycles. The molecule has 0 rings (SSSR count). The lowest BCUT2D eigenvalue weighted by molar-refractivity contribution is 0.367. The average Bonchev–Trinajstić information content (AvgIpc) is 1.86. The normalized spacial score (nSPS) is 10.6. The van der Waals surface area contributed by atoms with Crippen LogP contribution in [0.3, 0.4) is 0 Å². The Hall–Kier alpha value is -0.680. The minimum Gasteiger partial charge on any atom is -0.354 e. The molecule has 0 unspecified atom stereocenters. The van der Waals surface area contributed by atoms with Crippen molar-refractivity contribution in [2.45, 2.75) is 0 Å². The Kier molecular flexibility index (Phi) is 4.72. The van der Waals surface area contributed by atoms with Gasteiger partial charge in [-0.2, -0.15) is 0 Å². The monoisotopic (exact) mass is 174 g/mol. The molecule has 0 saturated carbocycles. The van der Waals surface area contributed by atoms with Crippen molar-refractivity contribution in [3.8, 4) is 0 Å². The molecule has 0 bridgehead atoms. The molecule has 0 aromatic heterocycles. The van der Waals surface area contributed by atoms with E-state index in [-0.39, 0.29) is 0 Å². The average molecular weight is 174 g/mol. The smallest absolute Gasteiger partial charge is 0.196 e. The zero-order valence-electron chi connectivity index (χ0n) is 7.33. The summed E-state index contributed by atoms with van der Waals surface area (Å²) in [4.78, 5) is 5.71. The largest absolute Gasteiger partial charge is 0.354 e. The van der Waals surface area contributed by atoms with E-state index in [9.17, 15) is 0 Å². The number of nitrogens with zero attached hydrogens (tertiary/aromatic N) is 3. The summed E-state index contributed by atoms with van der Waals surface area (Å²) in [5, 5.41) is 2.33. The van der Waals surface area contributed by atoms with Crippen molar-refractivity contribution in [2.75, 3.05) is 28.2 Å². The second kappa shape index (κ2) is 5.03. The fraction of sp³-hybridized carbons (Fsp3) is 0.667. The van der Waals surface area contributed by atoms with E-state index in [1.54, 1.807) is 16.2 Å². The Balaban J connectivity index is 3.66. The Morgan fingerprint density at radius 1 is 1.36 bits per heavy atom. The number of hydrazine groups is 1. The zero-order valence-corrected chi connectivity index (χ0v) is 8.14. The molecule has 64 valence electrons. The van der Waals surface area contributed by atoms with Crippen LogP contribution in [0.15, 0.2) is 4.99 Å². The number of aliphatic imine (C=N–C) groups is 1. The van der Waals surface area contributed by atoms with Crippen LogP contribution >= 0.6 is 12.2 Å². The molecular weight excluding hydrogens is 160 g/mol. The first kappa shape index (κ1) is 10.3. The standard InChI is InChI=1S/C6H14N4S/c1-9(2)6(11)7-5-8-10(3)4/h5H,1-4H3,(H,7,8,11). The maximum atomic E-state index is 4.90. The predicted octanol–water partition coefficient (Wildman–Crippen LogP) is -0.0726. The Bertz CT molecular complexity index is 153. The van der Waals surface area contributed by atoms with E-state index >= 15 is 0 Å². The summed E-state index contributed by atoms with van der Waals surface area (Å²) >= 11 is 4.90. The molecule has 4 nitrogen and oxygen atoms in total. The van der Waals surface area contributed by atoms with E-state index in [4.69, 9.17) is 12.2 Å². The number of hydrogen-bond acceptors (Lipinski definition) is 2. The summed E-state index contributed by atoms with van der Waals surface area (Å²) in [6, 6.07) is 0. The molecule has 0 amide bonds. The summed E-state index contributed by atoms with van der Waals surface area (Å²) in [5.74, 6) is 0. The van der Waals surface area contributed by atoms with Crippen LogP contribution in [-0.4, -0.2) is 49.6 Å². The molecule has 0 atom stereocenters. The van der Waals surface area contributed by atoms with Gasteiger partial charge in [0.15, 0.2) is 5.11 Å². The van der Waals surface area contributed by atoms with Crippen molar-refractivity contribution in [3.05, 3.63) is 0 Å². The fourth-order valence-corrected chi connectivity index (χ4v) is 0.368. The summed E-state index contributed by atoms with van der Waals surface area (Å²) in [6.45, 7) is 0. The van der Waals surface area contributed by atoms with Crippen LogP contribution in [0.2, 0.25) is 0 Å². The third-order valence-corrected chi connectivity index (χ3v) is 1.34. The van der Waals surface area contributed by atoms with Gasteiger partial charge in [0.1, 0.15) is 6.34 Å². The number of rotatable bonds is 2. The van der Waals surface area contributed by atoms with Crippen LogP contribution in [-0.2, 0) is 0 Å². The van der Waals surface area contributed by atoms with Crippen LogP contribution in [0.25, 0.3) is 0 Å². The highest BCUT2D eigenvalue weighted by molar-refractivity contribution is 7.80. The van der Waals surface area contributed by atoms with Gasteiger partial charge in [-0.1, -0.05) is 0 Å². The van der Waals surface area contributed by atoms with Crippen LogP contribution in [0.4, 0.5) is 0 Å². The number of thiocarbonyl (C=S) groups is 1. The van der Waals surface area contributed by atoms with Gasteiger partial charge in [0, 0.05) is 28.2 Å². The molecule has 0 heterocycles. The van der Waals surface area contributed by atoms with Crippen molar-refractivity contribution in [3.63, 3.8) is 0 Å². The lowest BCUT2D eigenvalue weighted by atomic mass is 10.9. The molecule has 0 aliphatic rings. The van der Waals surface area contributed by atoms with Crippen molar-refractivity contribution in [1.29, 1.82) is 0 Å². The molecule has 0 radical (unpaired) electrons. The van der Waals surface area contributed by atoms with Gasteiger partial charge in [-0.25, -0.2) is 10.0 Å². The quantitative estimate of drug-likeness (QED) is 0.275. The van der Waals surface area contributed by atoms with Crippen molar-refractivity contribution in [1.82, 2.24) is 15.3 Å². The predicted molar refractivity (Wildman–Crippen MR) is 51.6 cm³/mol. The van der Waals surface area contributed by atoms with Gasteiger partial charge in [0.25, 0.3) is 0 Å². The highest BCUT2D eigenvalue weighted by Gasteiger charge is 1.91. The third kappa shape index (κ3) is 5.75. The molecule has 0 spiro atoms. The van der Waals surface area contributed by atoms with Gasteiger partial charge < -0.3 is 10.3 Å². The Labute approximate surface area is 72.9 Å². The first-order valence-corrected chi connectivity index (χ1v) is 3.62. The molecule has 0 aliphatic carbocycles. The molecule has 0 saturated heterocycles. The van der Waals surface area contributed by atoms with Crippen LogP contribution < -0.4 is 5.43 Å². The molecule has 0 aliphatic heterocycles. The van der Waals surface area contributed by atoms with E-state index in [0.29, 0.717) is 5.11 Å². The topological polar surface area (TPSA) is 30.9 Å². The fourth-order valence-electron chi connectivity index (χ4n) is 0.315. The van der Waals surface area contributed by atoms with Crippen LogP contribution in [0.5, 0.6) is 0 Å². The minimum absolute atomic E-state index is 0.555. The van der Waals surface area contributed by atoms with Gasteiger partial charge in [-0.15, -0.1) is 0 Å². The summed E-state index contributed by atoms with van der Waals surface area (Å²) in [5.41, 5.74) is 2.86. The molecule has 5 heteroatoms. The van der Waals surface area contributed by atoms with Gasteiger partial charge in [0.2, 0.25) is 0 Å². The van der Waals surface area contributed by atoms with E-state index in [1.807, 2.05) is 28.2 Å². The molecule has 1 N–H and O–H groups in total.